The Kier molecular flexibility index (Phi) is 4.87. The van der Waals surface area contributed by atoms with Crippen molar-refractivity contribution < 1.29 is 18.4 Å². The standard InChI is InChI=1S/C15H14F2N2O2S/c1-8-3-6-12(22-8)14(20)19-13(15(21)18-2)9-4-5-10(16)11(17)7-9/h3-7,13H,1-2H3,(H,18,21)(H,19,20)/t13-/m0/s1. The first kappa shape index (κ1) is 16.1. The molecule has 0 saturated carbocycles. The van der Waals surface area contributed by atoms with Crippen LogP contribution in [0.3, 0.4) is 0 Å². The van der Waals surface area contributed by atoms with Crippen LogP contribution in [0.5, 0.6) is 0 Å². The minimum Gasteiger partial charge on any atom is -0.357 e. The van der Waals surface area contributed by atoms with E-state index in [4.69, 9.17) is 0 Å². The highest BCUT2D eigenvalue weighted by molar-refractivity contribution is 7.13. The van der Waals surface area contributed by atoms with Crippen molar-refractivity contribution in [2.75, 3.05) is 7.05 Å². The molecule has 22 heavy (non-hydrogen) atoms. The van der Waals surface area contributed by atoms with Gasteiger partial charge in [0.2, 0.25) is 5.91 Å². The van der Waals surface area contributed by atoms with E-state index in [1.807, 2.05) is 6.92 Å². The Morgan fingerprint density at radius 1 is 1.14 bits per heavy atom. The third kappa shape index (κ3) is 3.48. The van der Waals surface area contributed by atoms with Crippen LogP contribution in [-0.2, 0) is 4.79 Å². The molecule has 0 saturated heterocycles. The third-order valence-corrected chi connectivity index (χ3v) is 4.02. The molecular formula is C15H14F2N2O2S. The normalized spacial score (nSPS) is 11.8. The Balaban J connectivity index is 2.28. The maximum Gasteiger partial charge on any atom is 0.262 e. The second-order valence-electron chi connectivity index (χ2n) is 4.60. The molecule has 0 bridgehead atoms. The van der Waals surface area contributed by atoms with Crippen LogP contribution >= 0.6 is 11.3 Å². The van der Waals surface area contributed by atoms with Crippen molar-refractivity contribution in [3.05, 3.63) is 57.3 Å². The molecule has 0 spiro atoms. The van der Waals surface area contributed by atoms with Crippen LogP contribution in [0.25, 0.3) is 0 Å². The summed E-state index contributed by atoms with van der Waals surface area (Å²) in [7, 11) is 1.40. The van der Waals surface area contributed by atoms with Crippen LogP contribution in [0.1, 0.15) is 26.2 Å². The number of thiophene rings is 1. The summed E-state index contributed by atoms with van der Waals surface area (Å²) in [5.74, 6) is -3.06. The van der Waals surface area contributed by atoms with E-state index in [1.54, 1.807) is 12.1 Å². The number of likely N-dealkylation sites (N-methyl/N-ethyl adjacent to an activating group) is 1. The molecule has 0 aliphatic carbocycles. The molecule has 0 aliphatic heterocycles. The zero-order valence-electron chi connectivity index (χ0n) is 11.9. The maximum atomic E-state index is 13.4. The zero-order chi connectivity index (χ0) is 16.3. The van der Waals surface area contributed by atoms with Crippen LogP contribution in [-0.4, -0.2) is 18.9 Å². The summed E-state index contributed by atoms with van der Waals surface area (Å²) in [4.78, 5) is 25.5. The fraction of sp³-hybridized carbons (Fsp3) is 0.200. The highest BCUT2D eigenvalue weighted by atomic mass is 32.1. The van der Waals surface area contributed by atoms with Crippen LogP contribution in [0.2, 0.25) is 0 Å². The van der Waals surface area contributed by atoms with Crippen molar-refractivity contribution in [1.82, 2.24) is 10.6 Å². The van der Waals surface area contributed by atoms with Crippen molar-refractivity contribution in [2.45, 2.75) is 13.0 Å². The van der Waals surface area contributed by atoms with Crippen LogP contribution < -0.4 is 10.6 Å². The number of carbonyl (C=O) groups is 2. The Bertz CT molecular complexity index is 715. The molecule has 0 aliphatic rings. The van der Waals surface area contributed by atoms with E-state index in [9.17, 15) is 18.4 Å². The molecule has 0 unspecified atom stereocenters. The fourth-order valence-electron chi connectivity index (χ4n) is 1.90. The van der Waals surface area contributed by atoms with Gasteiger partial charge in [-0.1, -0.05) is 6.07 Å². The lowest BCUT2D eigenvalue weighted by Gasteiger charge is -2.17. The Morgan fingerprint density at radius 2 is 1.86 bits per heavy atom. The number of carbonyl (C=O) groups excluding carboxylic acids is 2. The van der Waals surface area contributed by atoms with E-state index in [-0.39, 0.29) is 5.56 Å². The summed E-state index contributed by atoms with van der Waals surface area (Å²) < 4.78 is 26.4. The van der Waals surface area contributed by atoms with Crippen molar-refractivity contribution in [3.8, 4) is 0 Å². The van der Waals surface area contributed by atoms with Gasteiger partial charge in [0.15, 0.2) is 11.6 Å². The number of nitrogens with one attached hydrogen (secondary N) is 2. The Hall–Kier alpha value is -2.28. The summed E-state index contributed by atoms with van der Waals surface area (Å²) >= 11 is 1.28. The molecule has 1 aromatic carbocycles. The second kappa shape index (κ2) is 6.65. The number of amides is 2. The Labute approximate surface area is 130 Å². The van der Waals surface area contributed by atoms with Gasteiger partial charge >= 0.3 is 0 Å². The minimum atomic E-state index is -1.10. The maximum absolute atomic E-state index is 13.4. The smallest absolute Gasteiger partial charge is 0.262 e. The first-order chi connectivity index (χ1) is 10.4. The van der Waals surface area contributed by atoms with Gasteiger partial charge in [-0.05, 0) is 36.8 Å². The molecule has 116 valence electrons. The highest BCUT2D eigenvalue weighted by Crippen LogP contribution is 2.20. The minimum absolute atomic E-state index is 0.167. The molecule has 1 heterocycles. The summed E-state index contributed by atoms with van der Waals surface area (Å²) in [6, 6.07) is 5.40. The lowest BCUT2D eigenvalue weighted by atomic mass is 10.1. The quantitative estimate of drug-likeness (QED) is 0.908. The topological polar surface area (TPSA) is 58.2 Å². The predicted octanol–water partition coefficient (Wildman–Crippen LogP) is 2.55. The van der Waals surface area contributed by atoms with E-state index in [0.717, 1.165) is 17.0 Å². The molecule has 0 radical (unpaired) electrons. The molecule has 1 atom stereocenters. The van der Waals surface area contributed by atoms with Gasteiger partial charge in [-0.15, -0.1) is 11.3 Å². The molecule has 0 fully saturated rings. The predicted molar refractivity (Wildman–Crippen MR) is 79.7 cm³/mol. The summed E-state index contributed by atoms with van der Waals surface area (Å²) in [5.41, 5.74) is 0.167. The fourth-order valence-corrected chi connectivity index (χ4v) is 2.67. The first-order valence-corrected chi connectivity index (χ1v) is 7.28. The number of rotatable bonds is 4. The Morgan fingerprint density at radius 3 is 2.41 bits per heavy atom. The van der Waals surface area contributed by atoms with E-state index in [2.05, 4.69) is 10.6 Å². The highest BCUT2D eigenvalue weighted by Gasteiger charge is 2.24. The lowest BCUT2D eigenvalue weighted by molar-refractivity contribution is -0.122. The van der Waals surface area contributed by atoms with Gasteiger partial charge in [0.25, 0.3) is 5.91 Å². The first-order valence-electron chi connectivity index (χ1n) is 6.46. The number of hydrogen-bond acceptors (Lipinski definition) is 3. The molecule has 2 rings (SSSR count). The van der Waals surface area contributed by atoms with E-state index in [1.165, 1.54) is 24.5 Å². The van der Waals surface area contributed by atoms with E-state index < -0.39 is 29.5 Å². The van der Waals surface area contributed by atoms with Gasteiger partial charge < -0.3 is 10.6 Å². The third-order valence-electron chi connectivity index (χ3n) is 3.03. The van der Waals surface area contributed by atoms with Crippen LogP contribution in [0, 0.1) is 18.6 Å². The lowest BCUT2D eigenvalue weighted by Crippen LogP contribution is -2.38. The molecule has 2 aromatic rings. The number of aryl methyl sites for hydroxylation is 1. The average molecular weight is 324 g/mol. The zero-order valence-corrected chi connectivity index (χ0v) is 12.8. The van der Waals surface area contributed by atoms with Gasteiger partial charge in [0.05, 0.1) is 4.88 Å². The van der Waals surface area contributed by atoms with E-state index >= 15 is 0 Å². The second-order valence-corrected chi connectivity index (χ2v) is 5.89. The molecule has 4 nitrogen and oxygen atoms in total. The van der Waals surface area contributed by atoms with Gasteiger partial charge in [-0.2, -0.15) is 0 Å². The molecule has 7 heteroatoms. The SMILES string of the molecule is CNC(=O)[C@@H](NC(=O)c1ccc(C)s1)c1ccc(F)c(F)c1. The van der Waals surface area contributed by atoms with Gasteiger partial charge in [-0.3, -0.25) is 9.59 Å². The van der Waals surface area contributed by atoms with Crippen molar-refractivity contribution in [2.24, 2.45) is 0 Å². The average Bonchev–Trinajstić information content (AvgIpc) is 2.93. The molecular weight excluding hydrogens is 310 g/mol. The molecule has 1 aromatic heterocycles. The van der Waals surface area contributed by atoms with Gasteiger partial charge in [0, 0.05) is 11.9 Å². The van der Waals surface area contributed by atoms with Crippen molar-refractivity contribution >= 4 is 23.2 Å². The van der Waals surface area contributed by atoms with Crippen molar-refractivity contribution in [1.29, 1.82) is 0 Å². The number of benzene rings is 1. The van der Waals surface area contributed by atoms with E-state index in [0.29, 0.717) is 4.88 Å². The van der Waals surface area contributed by atoms with Crippen molar-refractivity contribution in [3.63, 3.8) is 0 Å². The molecule has 2 N–H and O–H groups in total. The number of halogens is 2. The van der Waals surface area contributed by atoms with Gasteiger partial charge in [0.1, 0.15) is 6.04 Å². The van der Waals surface area contributed by atoms with Crippen LogP contribution in [0.15, 0.2) is 30.3 Å². The summed E-state index contributed by atoms with van der Waals surface area (Å²) in [6.45, 7) is 1.85. The molecule has 2 amide bonds. The van der Waals surface area contributed by atoms with Crippen LogP contribution in [0.4, 0.5) is 8.78 Å². The number of hydrogen-bond donors (Lipinski definition) is 2. The summed E-state index contributed by atoms with van der Waals surface area (Å²) in [5, 5.41) is 4.92. The summed E-state index contributed by atoms with van der Waals surface area (Å²) in [6.07, 6.45) is 0. The van der Waals surface area contributed by atoms with Gasteiger partial charge in [-0.25, -0.2) is 8.78 Å². The monoisotopic (exact) mass is 324 g/mol. The largest absolute Gasteiger partial charge is 0.357 e.